The molecule has 6 heteroatoms. The van der Waals surface area contributed by atoms with Crippen molar-refractivity contribution in [1.82, 2.24) is 20.0 Å². The van der Waals surface area contributed by atoms with E-state index in [1.807, 2.05) is 17.0 Å². The van der Waals surface area contributed by atoms with Gasteiger partial charge in [0.25, 0.3) is 0 Å². The van der Waals surface area contributed by atoms with Crippen LogP contribution in [0.2, 0.25) is 0 Å². The van der Waals surface area contributed by atoms with Gasteiger partial charge < -0.3 is 9.42 Å². The Labute approximate surface area is 148 Å². The molecule has 0 saturated carbocycles. The molecule has 0 aliphatic carbocycles. The molecular formula is C19H26N4O2. The predicted octanol–water partition coefficient (Wildman–Crippen LogP) is 3.49. The summed E-state index contributed by atoms with van der Waals surface area (Å²) in [7, 11) is 0. The summed E-state index contributed by atoms with van der Waals surface area (Å²) in [6, 6.07) is 3.72. The third kappa shape index (κ3) is 4.87. The van der Waals surface area contributed by atoms with Gasteiger partial charge in [-0.25, -0.2) is 0 Å². The molecular weight excluding hydrogens is 316 g/mol. The number of carbonyl (C=O) groups is 1. The Hall–Kier alpha value is -2.24. The van der Waals surface area contributed by atoms with Gasteiger partial charge in [-0.1, -0.05) is 24.9 Å². The molecule has 25 heavy (non-hydrogen) atoms. The number of amides is 1. The molecule has 1 atom stereocenters. The van der Waals surface area contributed by atoms with Crippen LogP contribution in [0.4, 0.5) is 0 Å². The highest BCUT2D eigenvalue weighted by molar-refractivity contribution is 5.76. The molecule has 134 valence electrons. The number of rotatable bonds is 6. The molecule has 0 N–H and O–H groups in total. The smallest absolute Gasteiger partial charge is 0.227 e. The van der Waals surface area contributed by atoms with Crippen LogP contribution < -0.4 is 0 Å². The van der Waals surface area contributed by atoms with Crippen LogP contribution in [0.3, 0.4) is 0 Å². The Kier molecular flexibility index (Phi) is 6.14. The SMILES string of the molecule is CCCC1CCCN(C(=O)CCc2nc(-c3cccnc3)no2)CC1. The average molecular weight is 342 g/mol. The summed E-state index contributed by atoms with van der Waals surface area (Å²) >= 11 is 0. The second-order valence-electron chi connectivity index (χ2n) is 6.72. The van der Waals surface area contributed by atoms with Crippen molar-refractivity contribution in [2.45, 2.75) is 51.9 Å². The zero-order valence-electron chi connectivity index (χ0n) is 14.9. The third-order valence-corrected chi connectivity index (χ3v) is 4.84. The molecule has 3 rings (SSSR count). The lowest BCUT2D eigenvalue weighted by Gasteiger charge is -2.20. The first-order chi connectivity index (χ1) is 12.3. The number of aryl methyl sites for hydroxylation is 1. The van der Waals surface area contributed by atoms with Crippen molar-refractivity contribution >= 4 is 5.91 Å². The fraction of sp³-hybridized carbons (Fsp3) is 0.579. The van der Waals surface area contributed by atoms with E-state index >= 15 is 0 Å². The Morgan fingerprint density at radius 1 is 1.36 bits per heavy atom. The molecule has 2 aromatic rings. The first-order valence-electron chi connectivity index (χ1n) is 9.27. The molecule has 1 aliphatic rings. The number of hydrogen-bond donors (Lipinski definition) is 0. The van der Waals surface area contributed by atoms with E-state index in [1.165, 1.54) is 19.3 Å². The van der Waals surface area contributed by atoms with E-state index in [2.05, 4.69) is 22.0 Å². The molecule has 1 saturated heterocycles. The van der Waals surface area contributed by atoms with Crippen molar-refractivity contribution in [3.8, 4) is 11.4 Å². The van der Waals surface area contributed by atoms with E-state index in [-0.39, 0.29) is 5.91 Å². The number of hydrogen-bond acceptors (Lipinski definition) is 5. The van der Waals surface area contributed by atoms with Gasteiger partial charge in [0.2, 0.25) is 17.6 Å². The van der Waals surface area contributed by atoms with Crippen LogP contribution in [0.25, 0.3) is 11.4 Å². The van der Waals surface area contributed by atoms with Crippen molar-refractivity contribution in [3.63, 3.8) is 0 Å². The zero-order valence-corrected chi connectivity index (χ0v) is 14.9. The van der Waals surface area contributed by atoms with Gasteiger partial charge in [0.15, 0.2) is 0 Å². The maximum absolute atomic E-state index is 12.5. The molecule has 1 amide bonds. The van der Waals surface area contributed by atoms with Crippen LogP contribution in [-0.4, -0.2) is 39.0 Å². The molecule has 3 heterocycles. The summed E-state index contributed by atoms with van der Waals surface area (Å²) < 4.78 is 5.27. The van der Waals surface area contributed by atoms with E-state index in [0.29, 0.717) is 24.6 Å². The standard InChI is InChI=1S/C19H26N4O2/c1-2-5-15-6-4-12-23(13-10-15)18(24)9-8-17-21-19(22-25-17)16-7-3-11-20-14-16/h3,7,11,14-15H,2,4-6,8-10,12-13H2,1H3. The lowest BCUT2D eigenvalue weighted by atomic mass is 9.96. The Balaban J connectivity index is 1.50. The van der Waals surface area contributed by atoms with Gasteiger partial charge in [-0.05, 0) is 37.3 Å². The summed E-state index contributed by atoms with van der Waals surface area (Å²) in [5, 5.41) is 3.97. The van der Waals surface area contributed by atoms with Crippen LogP contribution in [0.1, 0.15) is 51.3 Å². The number of pyridine rings is 1. The molecule has 1 unspecified atom stereocenters. The fourth-order valence-corrected chi connectivity index (χ4v) is 3.45. The second kappa shape index (κ2) is 8.74. The number of likely N-dealkylation sites (tertiary alicyclic amines) is 1. The first-order valence-corrected chi connectivity index (χ1v) is 9.27. The fourth-order valence-electron chi connectivity index (χ4n) is 3.45. The van der Waals surface area contributed by atoms with Crippen molar-refractivity contribution in [2.75, 3.05) is 13.1 Å². The van der Waals surface area contributed by atoms with Gasteiger partial charge in [0, 0.05) is 43.9 Å². The van der Waals surface area contributed by atoms with Crippen LogP contribution in [0.15, 0.2) is 29.0 Å². The summed E-state index contributed by atoms with van der Waals surface area (Å²) in [6.07, 6.45) is 10.3. The van der Waals surface area contributed by atoms with Crippen molar-refractivity contribution in [2.24, 2.45) is 5.92 Å². The predicted molar refractivity (Wildman–Crippen MR) is 94.7 cm³/mol. The van der Waals surface area contributed by atoms with Gasteiger partial charge in [0.05, 0.1) is 0 Å². The molecule has 2 aromatic heterocycles. The lowest BCUT2D eigenvalue weighted by molar-refractivity contribution is -0.131. The molecule has 6 nitrogen and oxygen atoms in total. The summed E-state index contributed by atoms with van der Waals surface area (Å²) in [5.41, 5.74) is 0.818. The maximum atomic E-state index is 12.5. The molecule has 0 aromatic carbocycles. The second-order valence-corrected chi connectivity index (χ2v) is 6.72. The number of carbonyl (C=O) groups excluding carboxylic acids is 1. The minimum Gasteiger partial charge on any atom is -0.343 e. The van der Waals surface area contributed by atoms with Gasteiger partial charge in [-0.3, -0.25) is 9.78 Å². The third-order valence-electron chi connectivity index (χ3n) is 4.84. The van der Waals surface area contributed by atoms with Gasteiger partial charge in [0.1, 0.15) is 0 Å². The molecule has 1 fully saturated rings. The van der Waals surface area contributed by atoms with Crippen LogP contribution in [0, 0.1) is 5.92 Å². The molecule has 0 radical (unpaired) electrons. The van der Waals surface area contributed by atoms with Gasteiger partial charge in [-0.15, -0.1) is 0 Å². The minimum absolute atomic E-state index is 0.193. The Bertz CT molecular complexity index is 671. The highest BCUT2D eigenvalue weighted by Gasteiger charge is 2.20. The van der Waals surface area contributed by atoms with Crippen molar-refractivity contribution in [1.29, 1.82) is 0 Å². The molecule has 0 bridgehead atoms. The maximum Gasteiger partial charge on any atom is 0.227 e. The molecule has 1 aliphatic heterocycles. The van der Waals surface area contributed by atoms with E-state index < -0.39 is 0 Å². The minimum atomic E-state index is 0.193. The first kappa shape index (κ1) is 17.6. The topological polar surface area (TPSA) is 72.1 Å². The largest absolute Gasteiger partial charge is 0.343 e. The van der Waals surface area contributed by atoms with Gasteiger partial charge >= 0.3 is 0 Å². The quantitative estimate of drug-likeness (QED) is 0.803. The molecule has 0 spiro atoms. The summed E-state index contributed by atoms with van der Waals surface area (Å²) in [5.74, 6) is 2.00. The number of aromatic nitrogens is 3. The van der Waals surface area contributed by atoms with E-state index in [9.17, 15) is 4.79 Å². The summed E-state index contributed by atoms with van der Waals surface area (Å²) in [4.78, 5) is 22.9. The zero-order chi connectivity index (χ0) is 17.5. The lowest BCUT2D eigenvalue weighted by Crippen LogP contribution is -2.32. The Morgan fingerprint density at radius 2 is 2.28 bits per heavy atom. The average Bonchev–Trinajstić information content (AvgIpc) is 3.00. The van der Waals surface area contributed by atoms with Crippen molar-refractivity contribution < 1.29 is 9.32 Å². The van der Waals surface area contributed by atoms with Crippen LogP contribution in [0.5, 0.6) is 0 Å². The Morgan fingerprint density at radius 3 is 3.08 bits per heavy atom. The van der Waals surface area contributed by atoms with Crippen molar-refractivity contribution in [3.05, 3.63) is 30.4 Å². The normalized spacial score (nSPS) is 18.1. The van der Waals surface area contributed by atoms with E-state index in [0.717, 1.165) is 37.4 Å². The van der Waals surface area contributed by atoms with E-state index in [1.54, 1.807) is 12.4 Å². The van der Waals surface area contributed by atoms with E-state index in [4.69, 9.17) is 4.52 Å². The monoisotopic (exact) mass is 342 g/mol. The highest BCUT2D eigenvalue weighted by atomic mass is 16.5. The van der Waals surface area contributed by atoms with Crippen LogP contribution in [-0.2, 0) is 11.2 Å². The van der Waals surface area contributed by atoms with Gasteiger partial charge in [-0.2, -0.15) is 4.98 Å². The summed E-state index contributed by atoms with van der Waals surface area (Å²) in [6.45, 7) is 4.00. The van der Waals surface area contributed by atoms with Crippen LogP contribution >= 0.6 is 0 Å². The highest BCUT2D eigenvalue weighted by Crippen LogP contribution is 2.22. The number of nitrogens with zero attached hydrogens (tertiary/aromatic N) is 4.